The maximum absolute atomic E-state index is 13.0. The SMILES string of the molecule is COc1ccc(NCCCN2CCC(Cc3ccc(F)cc3)CC2)cc1Cl.Cl. The summed E-state index contributed by atoms with van der Waals surface area (Å²) in [6, 6.07) is 12.7. The number of likely N-dealkylation sites (tertiary alicyclic amines) is 1. The third kappa shape index (κ3) is 6.84. The van der Waals surface area contributed by atoms with E-state index in [1.165, 1.54) is 18.4 Å². The van der Waals surface area contributed by atoms with Crippen molar-refractivity contribution in [2.75, 3.05) is 38.6 Å². The molecule has 1 aliphatic heterocycles. The first kappa shape index (κ1) is 22.8. The number of hydrogen-bond acceptors (Lipinski definition) is 3. The molecule has 1 heterocycles. The van der Waals surface area contributed by atoms with Gasteiger partial charge in [-0.2, -0.15) is 0 Å². The van der Waals surface area contributed by atoms with Gasteiger partial charge in [0.15, 0.2) is 0 Å². The highest BCUT2D eigenvalue weighted by molar-refractivity contribution is 6.32. The first-order valence-corrected chi connectivity index (χ1v) is 10.1. The second-order valence-corrected chi connectivity index (χ2v) is 7.65. The molecule has 0 radical (unpaired) electrons. The molecule has 0 saturated carbocycles. The van der Waals surface area contributed by atoms with Gasteiger partial charge in [-0.15, -0.1) is 12.4 Å². The molecular weight excluding hydrogens is 398 g/mol. The number of halogens is 3. The Morgan fingerprint density at radius 2 is 1.86 bits per heavy atom. The van der Waals surface area contributed by atoms with Crippen molar-refractivity contribution < 1.29 is 9.13 Å². The van der Waals surface area contributed by atoms with Crippen molar-refractivity contribution in [3.8, 4) is 5.75 Å². The number of nitrogens with zero attached hydrogens (tertiary/aromatic N) is 1. The minimum absolute atomic E-state index is 0. The lowest BCUT2D eigenvalue weighted by atomic mass is 9.90. The standard InChI is InChI=1S/C22H28ClFN2O.ClH/c1-27-22-8-7-20(16-21(22)23)25-11-2-12-26-13-9-18(10-14-26)15-17-3-5-19(24)6-4-17;/h3-8,16,18,25H,2,9-15H2,1H3;1H. The van der Waals surface area contributed by atoms with Crippen molar-refractivity contribution in [3.05, 3.63) is 58.9 Å². The Bertz CT molecular complexity index is 719. The average molecular weight is 427 g/mol. The number of rotatable bonds is 8. The molecule has 28 heavy (non-hydrogen) atoms. The summed E-state index contributed by atoms with van der Waals surface area (Å²) in [5, 5.41) is 4.06. The Morgan fingerprint density at radius 1 is 1.14 bits per heavy atom. The topological polar surface area (TPSA) is 24.5 Å². The molecule has 6 heteroatoms. The summed E-state index contributed by atoms with van der Waals surface area (Å²) in [6.07, 6.45) is 4.61. The minimum atomic E-state index is -0.154. The van der Waals surface area contributed by atoms with Gasteiger partial charge in [0, 0.05) is 12.2 Å². The summed E-state index contributed by atoms with van der Waals surface area (Å²) in [5.41, 5.74) is 2.27. The lowest BCUT2D eigenvalue weighted by molar-refractivity contribution is 0.183. The van der Waals surface area contributed by atoms with E-state index in [0.717, 1.165) is 44.7 Å². The quantitative estimate of drug-likeness (QED) is 0.550. The van der Waals surface area contributed by atoms with Crippen LogP contribution in [0.2, 0.25) is 5.02 Å². The lowest BCUT2D eigenvalue weighted by Gasteiger charge is -2.32. The average Bonchev–Trinajstić information content (AvgIpc) is 2.68. The third-order valence-corrected chi connectivity index (χ3v) is 5.57. The molecule has 0 spiro atoms. The Kier molecular flexibility index (Phi) is 9.36. The van der Waals surface area contributed by atoms with Crippen LogP contribution < -0.4 is 10.1 Å². The Balaban J connectivity index is 0.00000280. The minimum Gasteiger partial charge on any atom is -0.495 e. The summed E-state index contributed by atoms with van der Waals surface area (Å²) in [4.78, 5) is 2.55. The summed E-state index contributed by atoms with van der Waals surface area (Å²) in [7, 11) is 1.62. The number of anilines is 1. The zero-order valence-electron chi connectivity index (χ0n) is 16.3. The monoisotopic (exact) mass is 426 g/mol. The molecule has 1 fully saturated rings. The summed E-state index contributed by atoms with van der Waals surface area (Å²) < 4.78 is 18.2. The zero-order chi connectivity index (χ0) is 19.1. The first-order chi connectivity index (χ1) is 13.1. The Hall–Kier alpha value is -1.49. The Morgan fingerprint density at radius 3 is 2.50 bits per heavy atom. The Labute approximate surface area is 178 Å². The van der Waals surface area contributed by atoms with Crippen molar-refractivity contribution in [2.45, 2.75) is 25.7 Å². The van der Waals surface area contributed by atoms with E-state index in [4.69, 9.17) is 16.3 Å². The number of piperidine rings is 1. The molecule has 1 saturated heterocycles. The zero-order valence-corrected chi connectivity index (χ0v) is 17.9. The maximum Gasteiger partial charge on any atom is 0.137 e. The second-order valence-electron chi connectivity index (χ2n) is 7.25. The summed E-state index contributed by atoms with van der Waals surface area (Å²) >= 11 is 6.15. The van der Waals surface area contributed by atoms with Gasteiger partial charge in [-0.25, -0.2) is 4.39 Å². The molecule has 0 aromatic heterocycles. The number of nitrogens with one attached hydrogen (secondary N) is 1. The molecule has 2 aromatic carbocycles. The van der Waals surface area contributed by atoms with Crippen LogP contribution in [-0.2, 0) is 6.42 Å². The maximum atomic E-state index is 13.0. The summed E-state index contributed by atoms with van der Waals surface area (Å²) in [5.74, 6) is 1.26. The van der Waals surface area contributed by atoms with Crippen LogP contribution in [0.5, 0.6) is 5.75 Å². The van der Waals surface area contributed by atoms with E-state index in [-0.39, 0.29) is 18.2 Å². The van der Waals surface area contributed by atoms with E-state index < -0.39 is 0 Å². The van der Waals surface area contributed by atoms with Crippen LogP contribution in [0.4, 0.5) is 10.1 Å². The smallest absolute Gasteiger partial charge is 0.137 e. The highest BCUT2D eigenvalue weighted by atomic mass is 35.5. The predicted molar refractivity (Wildman–Crippen MR) is 118 cm³/mol. The fourth-order valence-electron chi connectivity index (χ4n) is 3.68. The van der Waals surface area contributed by atoms with Gasteiger partial charge in [0.25, 0.3) is 0 Å². The van der Waals surface area contributed by atoms with Crippen LogP contribution in [-0.4, -0.2) is 38.2 Å². The van der Waals surface area contributed by atoms with E-state index in [0.29, 0.717) is 16.7 Å². The molecule has 2 aromatic rings. The van der Waals surface area contributed by atoms with Crippen LogP contribution in [0.1, 0.15) is 24.8 Å². The molecule has 0 amide bonds. The highest BCUT2D eigenvalue weighted by Gasteiger charge is 2.19. The van der Waals surface area contributed by atoms with Gasteiger partial charge in [0.2, 0.25) is 0 Å². The van der Waals surface area contributed by atoms with E-state index in [9.17, 15) is 4.39 Å². The number of hydrogen-bond donors (Lipinski definition) is 1. The van der Waals surface area contributed by atoms with Gasteiger partial charge in [0.1, 0.15) is 11.6 Å². The van der Waals surface area contributed by atoms with Crippen LogP contribution in [0.25, 0.3) is 0 Å². The van der Waals surface area contributed by atoms with Crippen molar-refractivity contribution in [3.63, 3.8) is 0 Å². The van der Waals surface area contributed by atoms with Crippen molar-refractivity contribution >= 4 is 29.7 Å². The molecule has 3 nitrogen and oxygen atoms in total. The van der Waals surface area contributed by atoms with Crippen molar-refractivity contribution in [1.29, 1.82) is 0 Å². The van der Waals surface area contributed by atoms with Gasteiger partial charge >= 0.3 is 0 Å². The van der Waals surface area contributed by atoms with Crippen LogP contribution in [0.15, 0.2) is 42.5 Å². The van der Waals surface area contributed by atoms with Gasteiger partial charge in [-0.3, -0.25) is 0 Å². The molecule has 1 aliphatic rings. The largest absolute Gasteiger partial charge is 0.495 e. The first-order valence-electron chi connectivity index (χ1n) is 9.68. The molecule has 3 rings (SSSR count). The molecule has 0 unspecified atom stereocenters. The van der Waals surface area contributed by atoms with Gasteiger partial charge in [0.05, 0.1) is 12.1 Å². The van der Waals surface area contributed by atoms with Gasteiger partial charge < -0.3 is 15.0 Å². The van der Waals surface area contributed by atoms with E-state index in [1.807, 2.05) is 30.3 Å². The summed E-state index contributed by atoms with van der Waals surface area (Å²) in [6.45, 7) is 4.35. The fourth-order valence-corrected chi connectivity index (χ4v) is 3.94. The highest BCUT2D eigenvalue weighted by Crippen LogP contribution is 2.27. The van der Waals surface area contributed by atoms with E-state index in [1.54, 1.807) is 19.2 Å². The molecule has 154 valence electrons. The number of ether oxygens (including phenoxy) is 1. The normalized spacial score (nSPS) is 15.1. The van der Waals surface area contributed by atoms with E-state index in [2.05, 4.69) is 10.2 Å². The van der Waals surface area contributed by atoms with Crippen LogP contribution in [0.3, 0.4) is 0 Å². The predicted octanol–water partition coefficient (Wildman–Crippen LogP) is 5.67. The van der Waals surface area contributed by atoms with Crippen LogP contribution >= 0.6 is 24.0 Å². The number of benzene rings is 2. The van der Waals surface area contributed by atoms with Gasteiger partial charge in [-0.1, -0.05) is 23.7 Å². The van der Waals surface area contributed by atoms with Crippen LogP contribution in [0, 0.1) is 11.7 Å². The fraction of sp³-hybridized carbons (Fsp3) is 0.455. The van der Waals surface area contributed by atoms with E-state index >= 15 is 0 Å². The second kappa shape index (κ2) is 11.5. The molecule has 1 N–H and O–H groups in total. The van der Waals surface area contributed by atoms with Crippen molar-refractivity contribution in [1.82, 2.24) is 4.90 Å². The molecule has 0 atom stereocenters. The molecular formula is C22H29Cl2FN2O. The molecule has 0 bridgehead atoms. The lowest BCUT2D eigenvalue weighted by Crippen LogP contribution is -2.35. The van der Waals surface area contributed by atoms with Crippen molar-refractivity contribution in [2.24, 2.45) is 5.92 Å². The molecule has 0 aliphatic carbocycles. The third-order valence-electron chi connectivity index (χ3n) is 5.28. The number of methoxy groups -OCH3 is 1. The van der Waals surface area contributed by atoms with Gasteiger partial charge in [-0.05, 0) is 87.1 Å².